The van der Waals surface area contributed by atoms with E-state index < -0.39 is 5.54 Å². The molecule has 23 heavy (non-hydrogen) atoms. The van der Waals surface area contributed by atoms with E-state index in [0.29, 0.717) is 29.9 Å². The fourth-order valence-electron chi connectivity index (χ4n) is 3.48. The summed E-state index contributed by atoms with van der Waals surface area (Å²) in [6.07, 6.45) is 0. The molecule has 2 aliphatic rings. The molecule has 122 valence electrons. The third-order valence-corrected chi connectivity index (χ3v) is 4.77. The van der Waals surface area contributed by atoms with Gasteiger partial charge in [-0.15, -0.1) is 0 Å². The minimum Gasteiger partial charge on any atom is -0.473 e. The number of amides is 1. The summed E-state index contributed by atoms with van der Waals surface area (Å²) in [6, 6.07) is 7.56. The third kappa shape index (κ3) is 2.67. The van der Waals surface area contributed by atoms with Crippen LogP contribution in [0.25, 0.3) is 11.0 Å². The maximum atomic E-state index is 12.4. The minimum absolute atomic E-state index is 0.139. The fraction of sp³-hybridized carbons (Fsp3) is 0.529. The topological polar surface area (TPSA) is 76.4 Å². The number of nitrogens with zero attached hydrogens (tertiary/aromatic N) is 1. The number of piperidine rings is 1. The average Bonchev–Trinajstić information content (AvgIpc) is 2.88. The molecule has 1 saturated heterocycles. The number of carbonyl (C=O) groups excluding carboxylic acids is 1. The van der Waals surface area contributed by atoms with E-state index in [4.69, 9.17) is 9.26 Å². The Hall–Kier alpha value is -2.08. The fourth-order valence-corrected chi connectivity index (χ4v) is 3.48. The molecule has 6 heteroatoms. The molecule has 6 nitrogen and oxygen atoms in total. The van der Waals surface area contributed by atoms with Crippen LogP contribution in [0.2, 0.25) is 0 Å². The van der Waals surface area contributed by atoms with Gasteiger partial charge < -0.3 is 19.9 Å². The zero-order valence-electron chi connectivity index (χ0n) is 13.3. The Kier molecular flexibility index (Phi) is 3.30. The van der Waals surface area contributed by atoms with Crippen LogP contribution in [0.3, 0.4) is 0 Å². The molecule has 1 aliphatic heterocycles. The van der Waals surface area contributed by atoms with E-state index >= 15 is 0 Å². The van der Waals surface area contributed by atoms with Crippen molar-refractivity contribution in [3.05, 3.63) is 24.3 Å². The first-order valence-corrected chi connectivity index (χ1v) is 8.05. The van der Waals surface area contributed by atoms with Crippen molar-refractivity contribution in [2.45, 2.75) is 19.4 Å². The molecule has 2 aromatic rings. The number of ether oxygens (including phenoxy) is 1. The molecule has 2 heterocycles. The Labute approximate surface area is 134 Å². The lowest BCUT2D eigenvalue weighted by atomic mass is 10.1. The van der Waals surface area contributed by atoms with E-state index in [0.717, 1.165) is 18.5 Å². The largest absolute Gasteiger partial charge is 0.473 e. The van der Waals surface area contributed by atoms with Gasteiger partial charge in [-0.2, -0.15) is 0 Å². The third-order valence-electron chi connectivity index (χ3n) is 4.77. The van der Waals surface area contributed by atoms with Crippen molar-refractivity contribution in [3.63, 3.8) is 0 Å². The van der Waals surface area contributed by atoms with Gasteiger partial charge in [-0.25, -0.2) is 0 Å². The van der Waals surface area contributed by atoms with Crippen LogP contribution in [0.4, 0.5) is 0 Å². The summed E-state index contributed by atoms with van der Waals surface area (Å²) in [6.45, 7) is 6.19. The summed E-state index contributed by atoms with van der Waals surface area (Å²) in [5.74, 6) is 1.82. The Morgan fingerprint density at radius 2 is 2.13 bits per heavy atom. The number of rotatable bonds is 5. The lowest BCUT2D eigenvalue weighted by Crippen LogP contribution is -2.49. The number of hydrogen-bond donors (Lipinski definition) is 2. The molecule has 1 aliphatic carbocycles. The van der Waals surface area contributed by atoms with E-state index in [1.165, 1.54) is 0 Å². The predicted molar refractivity (Wildman–Crippen MR) is 85.1 cm³/mol. The number of hydrogen-bond acceptors (Lipinski definition) is 5. The van der Waals surface area contributed by atoms with Gasteiger partial charge in [-0.05, 0) is 56.1 Å². The zero-order chi connectivity index (χ0) is 16.0. The Bertz CT molecular complexity index is 730. The quantitative estimate of drug-likeness (QED) is 0.876. The summed E-state index contributed by atoms with van der Waals surface area (Å²) in [4.78, 5) is 12.4. The molecule has 2 fully saturated rings. The van der Waals surface area contributed by atoms with E-state index in [-0.39, 0.29) is 11.8 Å². The second-order valence-electron chi connectivity index (χ2n) is 7.16. The van der Waals surface area contributed by atoms with Gasteiger partial charge >= 0.3 is 0 Å². The summed E-state index contributed by atoms with van der Waals surface area (Å²) in [7, 11) is 0. The Morgan fingerprint density at radius 3 is 2.91 bits per heavy atom. The molecule has 1 saturated carbocycles. The van der Waals surface area contributed by atoms with E-state index in [9.17, 15) is 4.79 Å². The molecular formula is C17H21N3O3. The average molecular weight is 315 g/mol. The second-order valence-corrected chi connectivity index (χ2v) is 7.16. The number of carbonyl (C=O) groups is 1. The minimum atomic E-state index is -0.457. The summed E-state index contributed by atoms with van der Waals surface area (Å²) in [5.41, 5.74) is 0.240. The van der Waals surface area contributed by atoms with Gasteiger partial charge in [0.15, 0.2) is 5.58 Å². The van der Waals surface area contributed by atoms with Gasteiger partial charge in [-0.1, -0.05) is 12.1 Å². The maximum absolute atomic E-state index is 12.4. The molecule has 3 atom stereocenters. The van der Waals surface area contributed by atoms with Crippen LogP contribution in [-0.2, 0) is 4.79 Å². The monoisotopic (exact) mass is 315 g/mol. The van der Waals surface area contributed by atoms with Crippen molar-refractivity contribution in [3.8, 4) is 5.88 Å². The first-order valence-electron chi connectivity index (χ1n) is 8.05. The maximum Gasteiger partial charge on any atom is 0.262 e. The Balaban J connectivity index is 1.36. The Morgan fingerprint density at radius 1 is 1.39 bits per heavy atom. The molecule has 1 aromatic heterocycles. The number of benzene rings is 1. The smallest absolute Gasteiger partial charge is 0.262 e. The van der Waals surface area contributed by atoms with Gasteiger partial charge in [0, 0.05) is 5.92 Å². The first-order chi connectivity index (χ1) is 11.1. The van der Waals surface area contributed by atoms with Crippen LogP contribution in [0.5, 0.6) is 5.88 Å². The van der Waals surface area contributed by atoms with Crippen molar-refractivity contribution in [2.75, 3.05) is 19.7 Å². The highest BCUT2D eigenvalue weighted by Gasteiger charge is 2.57. The van der Waals surface area contributed by atoms with Crippen LogP contribution < -0.4 is 15.4 Å². The molecule has 1 unspecified atom stereocenters. The number of para-hydroxylation sites is 1. The molecule has 4 rings (SSSR count). The van der Waals surface area contributed by atoms with E-state index in [1.807, 2.05) is 38.1 Å². The van der Waals surface area contributed by atoms with Crippen LogP contribution in [0.15, 0.2) is 28.8 Å². The number of aromatic nitrogens is 1. The highest BCUT2D eigenvalue weighted by molar-refractivity contribution is 5.83. The SMILES string of the molecule is CC(C)(COc1noc2ccccc12)NC(=O)C1[C@H]2CNC[C@@H]12. The first kappa shape index (κ1) is 14.5. The normalized spacial score (nSPS) is 26.1. The van der Waals surface area contributed by atoms with E-state index in [1.54, 1.807) is 0 Å². The van der Waals surface area contributed by atoms with Crippen LogP contribution in [0.1, 0.15) is 13.8 Å². The van der Waals surface area contributed by atoms with Crippen LogP contribution >= 0.6 is 0 Å². The summed E-state index contributed by atoms with van der Waals surface area (Å²) >= 11 is 0. The van der Waals surface area contributed by atoms with Gasteiger partial charge in [0.05, 0.1) is 10.9 Å². The lowest BCUT2D eigenvalue weighted by molar-refractivity contribution is -0.125. The molecule has 2 N–H and O–H groups in total. The van der Waals surface area contributed by atoms with E-state index in [2.05, 4.69) is 15.8 Å². The van der Waals surface area contributed by atoms with Crippen molar-refractivity contribution in [1.29, 1.82) is 0 Å². The highest BCUT2D eigenvalue weighted by atomic mass is 16.5. The molecule has 0 radical (unpaired) electrons. The lowest BCUT2D eigenvalue weighted by Gasteiger charge is -2.26. The van der Waals surface area contributed by atoms with Crippen molar-refractivity contribution in [1.82, 2.24) is 15.8 Å². The van der Waals surface area contributed by atoms with Gasteiger partial charge in [0.25, 0.3) is 5.88 Å². The van der Waals surface area contributed by atoms with Crippen LogP contribution in [-0.4, -0.2) is 36.3 Å². The van der Waals surface area contributed by atoms with Crippen molar-refractivity contribution >= 4 is 16.9 Å². The molecular weight excluding hydrogens is 294 g/mol. The zero-order valence-corrected chi connectivity index (χ0v) is 13.3. The predicted octanol–water partition coefficient (Wildman–Crippen LogP) is 1.57. The molecule has 0 spiro atoms. The highest BCUT2D eigenvalue weighted by Crippen LogP contribution is 2.48. The number of nitrogens with one attached hydrogen (secondary N) is 2. The molecule has 1 aromatic carbocycles. The molecule has 0 bridgehead atoms. The van der Waals surface area contributed by atoms with Crippen molar-refractivity contribution < 1.29 is 14.1 Å². The summed E-state index contributed by atoms with van der Waals surface area (Å²) in [5, 5.41) is 11.2. The second kappa shape index (κ2) is 5.23. The standard InChI is InChI=1S/C17H21N3O3/c1-17(2,19-15(21)14-11-7-18-8-12(11)14)9-22-16-10-5-3-4-6-13(10)23-20-16/h3-6,11-12,14,18H,7-9H2,1-2H3,(H,19,21)/t11-,12+,14?. The van der Waals surface area contributed by atoms with Crippen LogP contribution in [0, 0.1) is 17.8 Å². The molecule has 1 amide bonds. The van der Waals surface area contributed by atoms with Gasteiger partial charge in [0.1, 0.15) is 6.61 Å². The van der Waals surface area contributed by atoms with Gasteiger partial charge in [0.2, 0.25) is 5.91 Å². The van der Waals surface area contributed by atoms with Gasteiger partial charge in [-0.3, -0.25) is 4.79 Å². The van der Waals surface area contributed by atoms with Crippen molar-refractivity contribution in [2.24, 2.45) is 17.8 Å². The number of fused-ring (bicyclic) bond motifs is 2. The summed E-state index contributed by atoms with van der Waals surface area (Å²) < 4.78 is 11.0.